The summed E-state index contributed by atoms with van der Waals surface area (Å²) in [7, 11) is 0. The summed E-state index contributed by atoms with van der Waals surface area (Å²) in [5.41, 5.74) is 0.737. The molecule has 3 heterocycles. The molecule has 0 radical (unpaired) electrons. The first-order chi connectivity index (χ1) is 13.5. The van der Waals surface area contributed by atoms with Gasteiger partial charge < -0.3 is 18.2 Å². The molecule has 142 valence electrons. The molecule has 1 amide bonds. The highest BCUT2D eigenvalue weighted by atomic mass is 35.5. The van der Waals surface area contributed by atoms with Crippen LogP contribution >= 0.6 is 11.6 Å². The van der Waals surface area contributed by atoms with E-state index in [1.807, 2.05) is 0 Å². The third-order valence-electron chi connectivity index (χ3n) is 4.36. The second-order valence-electron chi connectivity index (χ2n) is 6.39. The Morgan fingerprint density at radius 1 is 1.04 bits per heavy atom. The van der Waals surface area contributed by atoms with Gasteiger partial charge in [-0.2, -0.15) is 0 Å². The number of furan rings is 2. The van der Waals surface area contributed by atoms with Gasteiger partial charge >= 0.3 is 0 Å². The standard InChI is InChI=1S/C21H16ClNO5/c1-13-8-19-16(9-17(13)22)18(24)10-20(28-19)21(25)23(11-14-4-2-6-26-14)12-15-5-3-7-27-15/h2-10H,11-12H2,1H3. The van der Waals surface area contributed by atoms with E-state index in [0.29, 0.717) is 27.5 Å². The zero-order valence-electron chi connectivity index (χ0n) is 15.0. The third kappa shape index (κ3) is 3.59. The number of benzene rings is 1. The van der Waals surface area contributed by atoms with E-state index < -0.39 is 5.91 Å². The van der Waals surface area contributed by atoms with Gasteiger partial charge in [0, 0.05) is 11.1 Å². The van der Waals surface area contributed by atoms with Crippen molar-refractivity contribution in [2.75, 3.05) is 0 Å². The van der Waals surface area contributed by atoms with E-state index in [9.17, 15) is 9.59 Å². The highest BCUT2D eigenvalue weighted by molar-refractivity contribution is 6.32. The van der Waals surface area contributed by atoms with Crippen LogP contribution in [0.25, 0.3) is 11.0 Å². The first-order valence-electron chi connectivity index (χ1n) is 8.59. The normalized spacial score (nSPS) is 11.1. The maximum absolute atomic E-state index is 13.1. The van der Waals surface area contributed by atoms with Crippen molar-refractivity contribution in [2.24, 2.45) is 0 Å². The number of halogens is 1. The predicted molar refractivity (Wildman–Crippen MR) is 103 cm³/mol. The SMILES string of the molecule is Cc1cc2oc(C(=O)N(Cc3ccco3)Cc3ccco3)cc(=O)c2cc1Cl. The molecular formula is C21H16ClNO5. The largest absolute Gasteiger partial charge is 0.467 e. The number of rotatable bonds is 5. The van der Waals surface area contributed by atoms with Gasteiger partial charge in [-0.25, -0.2) is 0 Å². The van der Waals surface area contributed by atoms with E-state index in [4.69, 9.17) is 24.9 Å². The molecule has 0 unspecified atom stereocenters. The molecule has 4 aromatic rings. The van der Waals surface area contributed by atoms with Crippen LogP contribution in [0.1, 0.15) is 27.6 Å². The van der Waals surface area contributed by atoms with E-state index in [1.54, 1.807) is 43.3 Å². The summed E-state index contributed by atoms with van der Waals surface area (Å²) >= 11 is 6.09. The minimum absolute atomic E-state index is 0.0580. The number of nitrogens with zero attached hydrogens (tertiary/aromatic N) is 1. The van der Waals surface area contributed by atoms with Crippen molar-refractivity contribution >= 4 is 28.5 Å². The van der Waals surface area contributed by atoms with Gasteiger partial charge in [0.1, 0.15) is 17.1 Å². The molecule has 0 saturated carbocycles. The topological polar surface area (TPSA) is 76.8 Å². The van der Waals surface area contributed by atoms with Gasteiger partial charge in [-0.3, -0.25) is 9.59 Å². The molecule has 3 aromatic heterocycles. The van der Waals surface area contributed by atoms with Crippen LogP contribution in [0.2, 0.25) is 5.02 Å². The summed E-state index contributed by atoms with van der Waals surface area (Å²) in [6.45, 7) is 2.21. The van der Waals surface area contributed by atoms with Crippen molar-refractivity contribution < 1.29 is 18.0 Å². The molecule has 6 nitrogen and oxygen atoms in total. The molecule has 1 aromatic carbocycles. The van der Waals surface area contributed by atoms with Crippen molar-refractivity contribution in [1.82, 2.24) is 4.90 Å². The van der Waals surface area contributed by atoms with Crippen molar-refractivity contribution in [2.45, 2.75) is 20.0 Å². The lowest BCUT2D eigenvalue weighted by Gasteiger charge is -2.20. The van der Waals surface area contributed by atoms with Crippen LogP contribution < -0.4 is 5.43 Å². The van der Waals surface area contributed by atoms with Gasteiger partial charge in [0.15, 0.2) is 11.2 Å². The fourth-order valence-corrected chi connectivity index (χ4v) is 3.08. The zero-order valence-corrected chi connectivity index (χ0v) is 15.7. The summed E-state index contributed by atoms with van der Waals surface area (Å²) in [5, 5.41) is 0.798. The van der Waals surface area contributed by atoms with E-state index in [-0.39, 0.29) is 24.3 Å². The van der Waals surface area contributed by atoms with Crippen LogP contribution in [0, 0.1) is 6.92 Å². The van der Waals surface area contributed by atoms with Gasteiger partial charge in [0.05, 0.1) is 31.0 Å². The Labute approximate surface area is 164 Å². The Kier molecular flexibility index (Phi) is 4.79. The van der Waals surface area contributed by atoms with Crippen LogP contribution in [-0.4, -0.2) is 10.8 Å². The predicted octanol–water partition coefficient (Wildman–Crippen LogP) is 4.78. The molecule has 0 aliphatic heterocycles. The summed E-state index contributed by atoms with van der Waals surface area (Å²) < 4.78 is 16.5. The Hall–Kier alpha value is -3.25. The minimum atomic E-state index is -0.445. The highest BCUT2D eigenvalue weighted by Gasteiger charge is 2.22. The number of amides is 1. The smallest absolute Gasteiger partial charge is 0.290 e. The molecule has 0 N–H and O–H groups in total. The summed E-state index contributed by atoms with van der Waals surface area (Å²) in [6.07, 6.45) is 3.07. The van der Waals surface area contributed by atoms with E-state index in [0.717, 1.165) is 5.56 Å². The van der Waals surface area contributed by atoms with Gasteiger partial charge in [0.25, 0.3) is 5.91 Å². The van der Waals surface area contributed by atoms with Crippen molar-refractivity contribution in [3.05, 3.63) is 93.1 Å². The number of carbonyl (C=O) groups is 1. The van der Waals surface area contributed by atoms with Crippen LogP contribution in [0.3, 0.4) is 0 Å². The number of hydrogen-bond acceptors (Lipinski definition) is 5. The van der Waals surface area contributed by atoms with Crippen molar-refractivity contribution in [3.8, 4) is 0 Å². The van der Waals surface area contributed by atoms with E-state index >= 15 is 0 Å². The fourth-order valence-electron chi connectivity index (χ4n) is 2.92. The lowest BCUT2D eigenvalue weighted by molar-refractivity contribution is 0.0673. The molecule has 0 aliphatic carbocycles. The lowest BCUT2D eigenvalue weighted by Crippen LogP contribution is -2.30. The average molecular weight is 398 g/mol. The highest BCUT2D eigenvalue weighted by Crippen LogP contribution is 2.23. The second-order valence-corrected chi connectivity index (χ2v) is 6.80. The maximum atomic E-state index is 13.1. The number of carbonyl (C=O) groups excluding carboxylic acids is 1. The number of hydrogen-bond donors (Lipinski definition) is 0. The second kappa shape index (κ2) is 7.40. The molecule has 28 heavy (non-hydrogen) atoms. The first-order valence-corrected chi connectivity index (χ1v) is 8.97. The van der Waals surface area contributed by atoms with Gasteiger partial charge in [-0.15, -0.1) is 0 Å². The van der Waals surface area contributed by atoms with Crippen molar-refractivity contribution in [1.29, 1.82) is 0 Å². The van der Waals surface area contributed by atoms with E-state index in [1.165, 1.54) is 23.5 Å². The lowest BCUT2D eigenvalue weighted by atomic mass is 10.1. The first kappa shape index (κ1) is 18.1. The maximum Gasteiger partial charge on any atom is 0.290 e. The number of fused-ring (bicyclic) bond motifs is 1. The van der Waals surface area contributed by atoms with Crippen molar-refractivity contribution in [3.63, 3.8) is 0 Å². The monoisotopic (exact) mass is 397 g/mol. The van der Waals surface area contributed by atoms with Crippen LogP contribution in [0.15, 0.2) is 73.0 Å². The van der Waals surface area contributed by atoms with Crippen LogP contribution in [-0.2, 0) is 13.1 Å². The number of aryl methyl sites for hydroxylation is 1. The summed E-state index contributed by atoms with van der Waals surface area (Å²) in [6, 6.07) is 11.4. The molecule has 0 fully saturated rings. The molecular weight excluding hydrogens is 382 g/mol. The van der Waals surface area contributed by atoms with E-state index in [2.05, 4.69) is 0 Å². The molecule has 0 spiro atoms. The molecule has 0 atom stereocenters. The van der Waals surface area contributed by atoms with Crippen LogP contribution in [0.4, 0.5) is 0 Å². The summed E-state index contributed by atoms with van der Waals surface area (Å²) in [4.78, 5) is 27.1. The Bertz CT molecular complexity index is 1140. The Morgan fingerprint density at radius 2 is 1.68 bits per heavy atom. The third-order valence-corrected chi connectivity index (χ3v) is 4.77. The zero-order chi connectivity index (χ0) is 19.7. The van der Waals surface area contributed by atoms with Gasteiger partial charge in [0.2, 0.25) is 0 Å². The molecule has 7 heteroatoms. The molecule has 4 rings (SSSR count). The van der Waals surface area contributed by atoms with Crippen LogP contribution in [0.5, 0.6) is 0 Å². The fraction of sp³-hybridized carbons (Fsp3) is 0.143. The van der Waals surface area contributed by atoms with Gasteiger partial charge in [-0.05, 0) is 48.9 Å². The average Bonchev–Trinajstić information content (AvgIpc) is 3.36. The van der Waals surface area contributed by atoms with Gasteiger partial charge in [-0.1, -0.05) is 11.6 Å². The minimum Gasteiger partial charge on any atom is -0.467 e. The molecule has 0 bridgehead atoms. The molecule has 0 saturated heterocycles. The quantitative estimate of drug-likeness (QED) is 0.484. The Balaban J connectivity index is 1.73. The molecule has 0 aliphatic rings. The Morgan fingerprint density at radius 3 is 2.25 bits per heavy atom. The summed E-state index contributed by atoms with van der Waals surface area (Å²) in [5.74, 6) is 0.702.